The number of thiophene rings is 1. The van der Waals surface area contributed by atoms with Crippen molar-refractivity contribution in [3.63, 3.8) is 0 Å². The predicted molar refractivity (Wildman–Crippen MR) is 110 cm³/mol. The number of carbonyl (C=O) groups is 2. The number of anilines is 1. The lowest BCUT2D eigenvalue weighted by molar-refractivity contribution is 0.0335. The summed E-state index contributed by atoms with van der Waals surface area (Å²) in [6, 6.07) is 0. The fourth-order valence-corrected chi connectivity index (χ4v) is 4.84. The van der Waals surface area contributed by atoms with Crippen molar-refractivity contribution in [1.29, 1.82) is 0 Å². The van der Waals surface area contributed by atoms with Crippen molar-refractivity contribution in [3.05, 3.63) is 32.4 Å². The van der Waals surface area contributed by atoms with Crippen LogP contribution >= 0.6 is 27.3 Å². The Hall–Kier alpha value is -1.67. The Kier molecular flexibility index (Phi) is 6.37. The maximum absolute atomic E-state index is 12.8. The Bertz CT molecular complexity index is 859. The van der Waals surface area contributed by atoms with E-state index in [0.29, 0.717) is 27.3 Å². The van der Waals surface area contributed by atoms with Crippen LogP contribution in [0.15, 0.2) is 10.7 Å². The summed E-state index contributed by atoms with van der Waals surface area (Å²) in [5, 5.41) is 7.76. The van der Waals surface area contributed by atoms with Gasteiger partial charge >= 0.3 is 5.97 Å². The zero-order chi connectivity index (χ0) is 19.6. The first kappa shape index (κ1) is 20.1. The molecule has 1 N–H and O–H groups in total. The minimum Gasteiger partial charge on any atom is -0.459 e. The van der Waals surface area contributed by atoms with Gasteiger partial charge in [0.15, 0.2) is 5.69 Å². The van der Waals surface area contributed by atoms with E-state index in [9.17, 15) is 9.59 Å². The molecule has 27 heavy (non-hydrogen) atoms. The van der Waals surface area contributed by atoms with Crippen LogP contribution in [-0.4, -0.2) is 27.8 Å². The van der Waals surface area contributed by atoms with Crippen LogP contribution in [0.25, 0.3) is 0 Å². The predicted octanol–water partition coefficient (Wildman–Crippen LogP) is 4.81. The smallest absolute Gasteiger partial charge is 0.341 e. The van der Waals surface area contributed by atoms with E-state index in [1.807, 2.05) is 20.8 Å². The second kappa shape index (κ2) is 8.56. The van der Waals surface area contributed by atoms with E-state index < -0.39 is 0 Å². The lowest BCUT2D eigenvalue weighted by atomic mass is 9.95. The van der Waals surface area contributed by atoms with Crippen molar-refractivity contribution < 1.29 is 14.3 Å². The van der Waals surface area contributed by atoms with Gasteiger partial charge in [-0.1, -0.05) is 6.92 Å². The number of nitrogens with zero attached hydrogens (tertiary/aromatic N) is 2. The summed E-state index contributed by atoms with van der Waals surface area (Å²) in [4.78, 5) is 26.7. The van der Waals surface area contributed by atoms with Gasteiger partial charge in [0.25, 0.3) is 5.91 Å². The maximum Gasteiger partial charge on any atom is 0.341 e. The number of fused-ring (bicyclic) bond motifs is 1. The van der Waals surface area contributed by atoms with Crippen molar-refractivity contribution in [2.75, 3.05) is 5.32 Å². The van der Waals surface area contributed by atoms with Crippen LogP contribution in [0.2, 0.25) is 0 Å². The second-order valence-electron chi connectivity index (χ2n) is 6.67. The number of halogens is 1. The maximum atomic E-state index is 12.8. The quantitative estimate of drug-likeness (QED) is 0.636. The van der Waals surface area contributed by atoms with E-state index in [2.05, 4.69) is 26.3 Å². The highest BCUT2D eigenvalue weighted by molar-refractivity contribution is 9.10. The van der Waals surface area contributed by atoms with Crippen LogP contribution in [0, 0.1) is 0 Å². The number of rotatable bonds is 6. The molecule has 2 aromatic rings. The van der Waals surface area contributed by atoms with Gasteiger partial charge < -0.3 is 10.1 Å². The van der Waals surface area contributed by atoms with Gasteiger partial charge in [-0.05, 0) is 67.4 Å². The molecule has 0 radical (unpaired) electrons. The highest BCUT2D eigenvalue weighted by Crippen LogP contribution is 2.39. The largest absolute Gasteiger partial charge is 0.459 e. The summed E-state index contributed by atoms with van der Waals surface area (Å²) >= 11 is 4.87. The molecule has 146 valence electrons. The van der Waals surface area contributed by atoms with Crippen molar-refractivity contribution in [3.8, 4) is 0 Å². The standard InChI is InChI=1S/C19H24BrN3O3S/c1-4-11(3)26-19(25)15-12-8-6-7-9-14(12)27-18(15)21-17(24)16-13(20)10-23(5-2)22-16/h10-11H,4-9H2,1-3H3,(H,21,24). The van der Waals surface area contributed by atoms with Gasteiger partial charge in [0.05, 0.1) is 16.1 Å². The van der Waals surface area contributed by atoms with E-state index in [4.69, 9.17) is 4.74 Å². The van der Waals surface area contributed by atoms with Gasteiger partial charge in [0.1, 0.15) is 5.00 Å². The van der Waals surface area contributed by atoms with Gasteiger partial charge in [-0.2, -0.15) is 5.10 Å². The Morgan fingerprint density at radius 3 is 2.78 bits per heavy atom. The number of aryl methyl sites for hydroxylation is 2. The topological polar surface area (TPSA) is 73.2 Å². The van der Waals surface area contributed by atoms with E-state index >= 15 is 0 Å². The van der Waals surface area contributed by atoms with Crippen molar-refractivity contribution >= 4 is 44.1 Å². The molecular weight excluding hydrogens is 430 g/mol. The van der Waals surface area contributed by atoms with Crippen LogP contribution in [0.5, 0.6) is 0 Å². The second-order valence-corrected chi connectivity index (χ2v) is 8.63. The monoisotopic (exact) mass is 453 g/mol. The van der Waals surface area contributed by atoms with E-state index in [1.165, 1.54) is 16.2 Å². The molecule has 0 aromatic carbocycles. The van der Waals surface area contributed by atoms with Crippen molar-refractivity contribution in [1.82, 2.24) is 9.78 Å². The Balaban J connectivity index is 1.92. The molecule has 0 saturated heterocycles. The summed E-state index contributed by atoms with van der Waals surface area (Å²) in [6.07, 6.45) is 6.30. The number of amides is 1. The number of carbonyl (C=O) groups excluding carboxylic acids is 2. The number of hydrogen-bond donors (Lipinski definition) is 1. The molecule has 1 unspecified atom stereocenters. The zero-order valence-electron chi connectivity index (χ0n) is 15.8. The number of ether oxygens (including phenoxy) is 1. The minimum absolute atomic E-state index is 0.158. The molecule has 0 aliphatic heterocycles. The molecular formula is C19H24BrN3O3S. The zero-order valence-corrected chi connectivity index (χ0v) is 18.2. The molecule has 2 aromatic heterocycles. The van der Waals surface area contributed by atoms with Crippen LogP contribution in [0.4, 0.5) is 5.00 Å². The molecule has 6 nitrogen and oxygen atoms in total. The van der Waals surface area contributed by atoms with E-state index in [0.717, 1.165) is 37.7 Å². The summed E-state index contributed by atoms with van der Waals surface area (Å²) in [5.41, 5.74) is 1.87. The summed E-state index contributed by atoms with van der Waals surface area (Å²) < 4.78 is 7.89. The van der Waals surface area contributed by atoms with Crippen LogP contribution in [0.1, 0.15) is 71.3 Å². The van der Waals surface area contributed by atoms with Gasteiger partial charge in [-0.25, -0.2) is 4.79 Å². The number of aromatic nitrogens is 2. The van der Waals surface area contributed by atoms with Crippen molar-refractivity contribution in [2.45, 2.75) is 65.5 Å². The molecule has 8 heteroatoms. The first-order valence-electron chi connectivity index (χ1n) is 9.34. The average Bonchev–Trinajstić information content (AvgIpc) is 3.21. The molecule has 3 rings (SSSR count). The summed E-state index contributed by atoms with van der Waals surface area (Å²) in [6.45, 7) is 6.48. The number of nitrogens with one attached hydrogen (secondary N) is 1. The Morgan fingerprint density at radius 1 is 1.37 bits per heavy atom. The Morgan fingerprint density at radius 2 is 2.11 bits per heavy atom. The van der Waals surface area contributed by atoms with E-state index in [-0.39, 0.29) is 18.0 Å². The summed E-state index contributed by atoms with van der Waals surface area (Å²) in [7, 11) is 0. The van der Waals surface area contributed by atoms with E-state index in [1.54, 1.807) is 10.9 Å². The fraction of sp³-hybridized carbons (Fsp3) is 0.526. The van der Waals surface area contributed by atoms with Crippen LogP contribution < -0.4 is 5.32 Å². The number of esters is 1. The summed E-state index contributed by atoms with van der Waals surface area (Å²) in [5.74, 6) is -0.678. The minimum atomic E-state index is -0.350. The molecule has 0 fully saturated rings. The molecule has 0 spiro atoms. The molecule has 1 atom stereocenters. The lowest BCUT2D eigenvalue weighted by Crippen LogP contribution is -2.19. The van der Waals surface area contributed by atoms with Gasteiger partial charge in [-0.3, -0.25) is 9.48 Å². The van der Waals surface area contributed by atoms with Crippen molar-refractivity contribution in [2.24, 2.45) is 0 Å². The molecule has 1 aliphatic carbocycles. The average molecular weight is 454 g/mol. The first-order valence-corrected chi connectivity index (χ1v) is 10.9. The first-order chi connectivity index (χ1) is 12.9. The molecule has 2 heterocycles. The third kappa shape index (κ3) is 4.27. The molecule has 1 aliphatic rings. The Labute approximate surface area is 171 Å². The normalized spacial score (nSPS) is 14.5. The number of hydrogen-bond acceptors (Lipinski definition) is 5. The highest BCUT2D eigenvalue weighted by Gasteiger charge is 2.29. The third-order valence-electron chi connectivity index (χ3n) is 4.74. The third-order valence-corrected chi connectivity index (χ3v) is 6.53. The molecule has 1 amide bonds. The molecule has 0 bridgehead atoms. The van der Waals surface area contributed by atoms with Gasteiger partial charge in [0, 0.05) is 17.6 Å². The highest BCUT2D eigenvalue weighted by atomic mass is 79.9. The fourth-order valence-electron chi connectivity index (χ4n) is 3.07. The van der Waals surface area contributed by atoms with Crippen LogP contribution in [-0.2, 0) is 24.1 Å². The SMILES string of the molecule is CCC(C)OC(=O)c1c(NC(=O)c2nn(CC)cc2Br)sc2c1CCCC2. The van der Waals surface area contributed by atoms with Gasteiger partial charge in [-0.15, -0.1) is 11.3 Å². The lowest BCUT2D eigenvalue weighted by Gasteiger charge is -2.15. The molecule has 0 saturated carbocycles. The van der Waals surface area contributed by atoms with Crippen LogP contribution in [0.3, 0.4) is 0 Å². The van der Waals surface area contributed by atoms with Gasteiger partial charge in [0.2, 0.25) is 0 Å².